The molecule has 0 amide bonds. The molecule has 0 N–H and O–H groups in total. The molecule has 0 aliphatic carbocycles. The molecular weight excluding hydrogens is 340 g/mol. The van der Waals surface area contributed by atoms with Crippen LogP contribution in [0.15, 0.2) is 56.7 Å². The third-order valence-corrected chi connectivity index (χ3v) is 4.62. The van der Waals surface area contributed by atoms with Gasteiger partial charge in [0.15, 0.2) is 10.9 Å². The van der Waals surface area contributed by atoms with Gasteiger partial charge in [-0.2, -0.15) is 0 Å². The van der Waals surface area contributed by atoms with Crippen molar-refractivity contribution in [3.05, 3.63) is 48.6 Å². The molecule has 0 fully saturated rings. The van der Waals surface area contributed by atoms with Crippen LogP contribution in [0.25, 0.3) is 22.7 Å². The molecule has 25 heavy (non-hydrogen) atoms. The lowest BCUT2D eigenvalue weighted by Crippen LogP contribution is -2.05. The van der Waals surface area contributed by atoms with Gasteiger partial charge in [-0.3, -0.25) is 0 Å². The van der Waals surface area contributed by atoms with E-state index in [0.717, 1.165) is 22.7 Å². The fourth-order valence-corrected chi connectivity index (χ4v) is 3.38. The van der Waals surface area contributed by atoms with Crippen molar-refractivity contribution in [1.29, 1.82) is 0 Å². The standard InChI is InChI=1S/C17H16N4O3S/c1-22-10-8-21-13-6-3-2-5-12(13)18-17(21)25-11-15-19-20-16(24-15)14-7-4-9-23-14/h2-7,9H,8,10-11H2,1H3. The number of nitrogens with zero attached hydrogens (tertiary/aromatic N) is 4. The molecule has 3 heterocycles. The van der Waals surface area contributed by atoms with Crippen molar-refractivity contribution in [3.63, 3.8) is 0 Å². The molecule has 0 spiro atoms. The number of fused-ring (bicyclic) bond motifs is 1. The van der Waals surface area contributed by atoms with Crippen LogP contribution in [0.4, 0.5) is 0 Å². The lowest BCUT2D eigenvalue weighted by atomic mass is 10.3. The zero-order valence-corrected chi connectivity index (χ0v) is 14.4. The highest BCUT2D eigenvalue weighted by atomic mass is 32.2. The minimum atomic E-state index is 0.383. The summed E-state index contributed by atoms with van der Waals surface area (Å²) in [5.41, 5.74) is 2.05. The van der Waals surface area contributed by atoms with Gasteiger partial charge in [0.1, 0.15) is 0 Å². The van der Waals surface area contributed by atoms with Gasteiger partial charge in [-0.05, 0) is 24.3 Å². The SMILES string of the molecule is COCCn1c(SCc2nnc(-c3ccco3)o2)nc2ccccc21. The molecule has 8 heteroatoms. The number of para-hydroxylation sites is 2. The summed E-state index contributed by atoms with van der Waals surface area (Å²) in [5, 5.41) is 8.99. The molecule has 0 unspecified atom stereocenters. The lowest BCUT2D eigenvalue weighted by Gasteiger charge is -2.07. The minimum Gasteiger partial charge on any atom is -0.459 e. The molecule has 7 nitrogen and oxygen atoms in total. The van der Waals surface area contributed by atoms with E-state index in [-0.39, 0.29) is 0 Å². The second-order valence-electron chi connectivity index (χ2n) is 5.29. The molecule has 0 saturated heterocycles. The van der Waals surface area contributed by atoms with E-state index in [1.807, 2.05) is 18.2 Å². The molecule has 0 aliphatic rings. The Balaban J connectivity index is 1.54. The highest BCUT2D eigenvalue weighted by Gasteiger charge is 2.14. The summed E-state index contributed by atoms with van der Waals surface area (Å²) in [6.45, 7) is 1.36. The maximum atomic E-state index is 5.65. The Hall–Kier alpha value is -2.58. The maximum absolute atomic E-state index is 5.65. The smallest absolute Gasteiger partial charge is 0.283 e. The van der Waals surface area contributed by atoms with Crippen molar-refractivity contribution in [2.75, 3.05) is 13.7 Å². The number of benzene rings is 1. The number of aromatic nitrogens is 4. The normalized spacial score (nSPS) is 11.4. The van der Waals surface area contributed by atoms with Crippen molar-refractivity contribution >= 4 is 22.8 Å². The van der Waals surface area contributed by atoms with Gasteiger partial charge >= 0.3 is 0 Å². The third-order valence-electron chi connectivity index (χ3n) is 3.66. The van der Waals surface area contributed by atoms with Gasteiger partial charge in [0.05, 0.1) is 29.7 Å². The Morgan fingerprint density at radius 2 is 2.08 bits per heavy atom. The lowest BCUT2D eigenvalue weighted by molar-refractivity contribution is 0.186. The summed E-state index contributed by atoms with van der Waals surface area (Å²) < 4.78 is 18.3. The van der Waals surface area contributed by atoms with E-state index in [0.29, 0.717) is 29.9 Å². The number of ether oxygens (including phenoxy) is 1. The first kappa shape index (κ1) is 15.9. The van der Waals surface area contributed by atoms with Crippen molar-refractivity contribution in [2.24, 2.45) is 0 Å². The quantitative estimate of drug-likeness (QED) is 0.468. The number of hydrogen-bond acceptors (Lipinski definition) is 7. The number of methoxy groups -OCH3 is 1. The zero-order valence-electron chi connectivity index (χ0n) is 13.6. The van der Waals surface area contributed by atoms with Crippen LogP contribution < -0.4 is 0 Å². The number of thioether (sulfide) groups is 1. The van der Waals surface area contributed by atoms with Crippen LogP contribution in [0.2, 0.25) is 0 Å². The van der Waals surface area contributed by atoms with Crippen LogP contribution in [0.5, 0.6) is 0 Å². The molecule has 0 bridgehead atoms. The van der Waals surface area contributed by atoms with E-state index in [2.05, 4.69) is 20.8 Å². The Labute approximate surface area is 148 Å². The van der Waals surface area contributed by atoms with Gasteiger partial charge < -0.3 is 18.1 Å². The van der Waals surface area contributed by atoms with E-state index in [1.165, 1.54) is 0 Å². The molecule has 4 aromatic rings. The van der Waals surface area contributed by atoms with Crippen molar-refractivity contribution < 1.29 is 13.6 Å². The van der Waals surface area contributed by atoms with E-state index in [1.54, 1.807) is 37.3 Å². The van der Waals surface area contributed by atoms with Gasteiger partial charge in [0.25, 0.3) is 5.89 Å². The van der Waals surface area contributed by atoms with E-state index < -0.39 is 0 Å². The number of rotatable bonds is 7. The summed E-state index contributed by atoms with van der Waals surface area (Å²) in [7, 11) is 1.69. The Morgan fingerprint density at radius 3 is 2.92 bits per heavy atom. The first-order chi connectivity index (χ1) is 12.3. The topological polar surface area (TPSA) is 79.1 Å². The largest absolute Gasteiger partial charge is 0.459 e. The molecular formula is C17H16N4O3S. The van der Waals surface area contributed by atoms with Gasteiger partial charge in [0, 0.05) is 13.7 Å². The summed E-state index contributed by atoms with van der Waals surface area (Å²) in [5.74, 6) is 2.01. The summed E-state index contributed by atoms with van der Waals surface area (Å²) in [6.07, 6.45) is 1.58. The second kappa shape index (κ2) is 7.12. The third kappa shape index (κ3) is 3.31. The first-order valence-corrected chi connectivity index (χ1v) is 8.77. The van der Waals surface area contributed by atoms with Crippen LogP contribution in [0.1, 0.15) is 5.89 Å². The molecule has 4 rings (SSSR count). The van der Waals surface area contributed by atoms with Crippen LogP contribution in [0, 0.1) is 0 Å². The Kier molecular flexibility index (Phi) is 4.53. The van der Waals surface area contributed by atoms with Crippen molar-refractivity contribution in [1.82, 2.24) is 19.7 Å². The van der Waals surface area contributed by atoms with Gasteiger partial charge in [0.2, 0.25) is 5.89 Å². The summed E-state index contributed by atoms with van der Waals surface area (Å²) in [4.78, 5) is 4.70. The predicted octanol–water partition coefficient (Wildman–Crippen LogP) is 3.62. The fourth-order valence-electron chi connectivity index (χ4n) is 2.50. The Bertz CT molecular complexity index is 962. The molecule has 3 aromatic heterocycles. The van der Waals surface area contributed by atoms with Gasteiger partial charge in [-0.25, -0.2) is 4.98 Å². The average Bonchev–Trinajstić information content (AvgIpc) is 3.36. The molecule has 0 saturated carbocycles. The maximum Gasteiger partial charge on any atom is 0.283 e. The van der Waals surface area contributed by atoms with Crippen molar-refractivity contribution in [2.45, 2.75) is 17.5 Å². The van der Waals surface area contributed by atoms with Crippen LogP contribution in [-0.2, 0) is 17.0 Å². The molecule has 0 aliphatic heterocycles. The molecule has 1 aromatic carbocycles. The van der Waals surface area contributed by atoms with Gasteiger partial charge in [-0.15, -0.1) is 10.2 Å². The highest BCUT2D eigenvalue weighted by molar-refractivity contribution is 7.98. The number of imidazole rings is 1. The predicted molar refractivity (Wildman–Crippen MR) is 93.2 cm³/mol. The summed E-state index contributed by atoms with van der Waals surface area (Å²) >= 11 is 1.56. The Morgan fingerprint density at radius 1 is 1.16 bits per heavy atom. The van der Waals surface area contributed by atoms with E-state index >= 15 is 0 Å². The average molecular weight is 356 g/mol. The fraction of sp³-hybridized carbons (Fsp3) is 0.235. The summed E-state index contributed by atoms with van der Waals surface area (Å²) in [6, 6.07) is 11.6. The monoisotopic (exact) mass is 356 g/mol. The molecule has 0 atom stereocenters. The number of hydrogen-bond donors (Lipinski definition) is 0. The van der Waals surface area contributed by atoms with Crippen LogP contribution >= 0.6 is 11.8 Å². The van der Waals surface area contributed by atoms with E-state index in [9.17, 15) is 0 Å². The van der Waals surface area contributed by atoms with Gasteiger partial charge in [-0.1, -0.05) is 23.9 Å². The van der Waals surface area contributed by atoms with Crippen LogP contribution in [-0.4, -0.2) is 33.5 Å². The van der Waals surface area contributed by atoms with Crippen LogP contribution in [0.3, 0.4) is 0 Å². The first-order valence-electron chi connectivity index (χ1n) is 7.78. The molecule has 128 valence electrons. The van der Waals surface area contributed by atoms with E-state index in [4.69, 9.17) is 18.6 Å². The second-order valence-corrected chi connectivity index (χ2v) is 6.24. The highest BCUT2D eigenvalue weighted by Crippen LogP contribution is 2.27. The zero-order chi connectivity index (χ0) is 17.1. The number of furan rings is 1. The van der Waals surface area contributed by atoms with Crippen molar-refractivity contribution in [3.8, 4) is 11.7 Å². The minimum absolute atomic E-state index is 0.383. The molecule has 0 radical (unpaired) electrons.